The second kappa shape index (κ2) is 14.1. The van der Waals surface area contributed by atoms with E-state index in [1.165, 1.54) is 7.11 Å². The van der Waals surface area contributed by atoms with Gasteiger partial charge in [0.05, 0.1) is 25.6 Å². The molecule has 0 aromatic heterocycles. The van der Waals surface area contributed by atoms with Crippen LogP contribution < -0.4 is 31.3 Å². The van der Waals surface area contributed by atoms with Gasteiger partial charge < -0.3 is 36.4 Å². The average Bonchev–Trinajstić information content (AvgIpc) is 2.81. The average molecular weight is 486 g/mol. The molecule has 0 saturated carbocycles. The monoisotopic (exact) mass is 485 g/mol. The van der Waals surface area contributed by atoms with Gasteiger partial charge in [-0.25, -0.2) is 9.59 Å². The van der Waals surface area contributed by atoms with Crippen LogP contribution in [0.15, 0.2) is 42.5 Å². The third-order valence-corrected chi connectivity index (χ3v) is 4.86. The highest BCUT2D eigenvalue weighted by Gasteiger charge is 2.11. The van der Waals surface area contributed by atoms with Crippen molar-refractivity contribution in [3.05, 3.63) is 53.6 Å². The largest absolute Gasteiger partial charge is 0.495 e. The quantitative estimate of drug-likeness (QED) is 0.254. The maximum Gasteiger partial charge on any atom is 0.323 e. The minimum absolute atomic E-state index is 0.0487. The normalized spacial score (nSPS) is 10.1. The molecule has 0 fully saturated rings. The maximum absolute atomic E-state index is 12.4. The molecule has 0 saturated heterocycles. The zero-order valence-corrected chi connectivity index (χ0v) is 19.8. The van der Waals surface area contributed by atoms with Gasteiger partial charge in [0, 0.05) is 25.3 Å². The Bertz CT molecular complexity index is 1040. The van der Waals surface area contributed by atoms with Gasteiger partial charge in [0.1, 0.15) is 5.75 Å². The number of methoxy groups -OCH3 is 1. The first-order chi connectivity index (χ1) is 16.8. The Kier molecular flexibility index (Phi) is 10.9. The number of carbonyl (C=O) groups excluding carboxylic acids is 3. The summed E-state index contributed by atoms with van der Waals surface area (Å²) in [6, 6.07) is 11.7. The Hall–Kier alpha value is -4.28. The molecule has 0 heterocycles. The second-order valence-corrected chi connectivity index (χ2v) is 7.64. The van der Waals surface area contributed by atoms with Crippen LogP contribution in [-0.4, -0.2) is 55.8 Å². The number of para-hydroxylation sites is 1. The number of carbonyl (C=O) groups is 4. The molecule has 11 heteroatoms. The summed E-state index contributed by atoms with van der Waals surface area (Å²) in [6.45, 7) is 2.64. The van der Waals surface area contributed by atoms with Crippen molar-refractivity contribution >= 4 is 35.3 Å². The topological polar surface area (TPSA) is 158 Å². The van der Waals surface area contributed by atoms with Crippen LogP contribution in [0.3, 0.4) is 0 Å². The number of carboxylic acid groups (broad SMARTS) is 1. The molecule has 0 spiro atoms. The number of aliphatic carboxylic acids is 1. The van der Waals surface area contributed by atoms with Gasteiger partial charge in [-0.05, 0) is 42.7 Å². The summed E-state index contributed by atoms with van der Waals surface area (Å²) in [5, 5.41) is 21.8. The van der Waals surface area contributed by atoms with Crippen LogP contribution in [0.5, 0.6) is 5.75 Å². The summed E-state index contributed by atoms with van der Waals surface area (Å²) in [5.41, 5.74) is 2.81. The first-order valence-corrected chi connectivity index (χ1v) is 11.1. The minimum Gasteiger partial charge on any atom is -0.495 e. The van der Waals surface area contributed by atoms with E-state index < -0.39 is 18.0 Å². The number of amides is 5. The molecule has 0 aliphatic rings. The lowest BCUT2D eigenvalue weighted by Crippen LogP contribution is -2.38. The zero-order valence-electron chi connectivity index (χ0n) is 19.8. The van der Waals surface area contributed by atoms with Crippen LogP contribution in [0, 0.1) is 6.92 Å². The number of hydrogen-bond donors (Lipinski definition) is 6. The first-order valence-electron chi connectivity index (χ1n) is 11.1. The van der Waals surface area contributed by atoms with E-state index in [-0.39, 0.29) is 25.3 Å². The number of benzene rings is 2. The van der Waals surface area contributed by atoms with E-state index in [0.29, 0.717) is 42.2 Å². The number of rotatable bonds is 12. The third-order valence-electron chi connectivity index (χ3n) is 4.86. The number of hydrogen-bond acceptors (Lipinski definition) is 5. The Morgan fingerprint density at radius 1 is 0.857 bits per heavy atom. The lowest BCUT2D eigenvalue weighted by atomic mass is 10.1. The highest BCUT2D eigenvalue weighted by atomic mass is 16.5. The van der Waals surface area contributed by atoms with Gasteiger partial charge in [-0.3, -0.25) is 9.59 Å². The van der Waals surface area contributed by atoms with Crippen molar-refractivity contribution < 1.29 is 29.0 Å². The number of ether oxygens (including phenoxy) is 1. The first kappa shape index (κ1) is 27.0. The fourth-order valence-electron chi connectivity index (χ4n) is 3.05. The molecule has 0 radical (unpaired) electrons. The molecule has 2 rings (SSSR count). The molecule has 6 N–H and O–H groups in total. The van der Waals surface area contributed by atoms with E-state index in [9.17, 15) is 19.2 Å². The molecule has 0 bridgehead atoms. The number of anilines is 2. The van der Waals surface area contributed by atoms with Gasteiger partial charge in [0.15, 0.2) is 0 Å². The summed E-state index contributed by atoms with van der Waals surface area (Å²) < 4.78 is 5.37. The van der Waals surface area contributed by atoms with Crippen molar-refractivity contribution in [3.8, 4) is 5.75 Å². The highest BCUT2D eigenvalue weighted by molar-refractivity contribution is 6.01. The van der Waals surface area contributed by atoms with Crippen molar-refractivity contribution in [2.45, 2.75) is 26.2 Å². The SMILES string of the molecule is COc1cc(CC(=O)NCCCNC(=O)NCCC(=O)O)ccc1NC(=O)Nc1ccccc1C. The number of urea groups is 2. The fraction of sp³-hybridized carbons (Fsp3) is 0.333. The van der Waals surface area contributed by atoms with Gasteiger partial charge in [0.2, 0.25) is 5.91 Å². The molecule has 0 aliphatic heterocycles. The summed E-state index contributed by atoms with van der Waals surface area (Å²) >= 11 is 0. The Morgan fingerprint density at radius 3 is 2.26 bits per heavy atom. The summed E-state index contributed by atoms with van der Waals surface area (Å²) in [5.74, 6) is -0.760. The van der Waals surface area contributed by atoms with Crippen molar-refractivity contribution in [1.82, 2.24) is 16.0 Å². The van der Waals surface area contributed by atoms with E-state index in [1.54, 1.807) is 24.3 Å². The maximum atomic E-state index is 12.4. The molecule has 0 unspecified atom stereocenters. The highest BCUT2D eigenvalue weighted by Crippen LogP contribution is 2.26. The predicted octanol–water partition coefficient (Wildman–Crippen LogP) is 2.47. The minimum atomic E-state index is -0.986. The molecule has 5 amide bonds. The molecule has 11 nitrogen and oxygen atoms in total. The number of carboxylic acids is 1. The number of aryl methyl sites for hydroxylation is 1. The third kappa shape index (κ3) is 10.0. The number of nitrogens with one attached hydrogen (secondary N) is 5. The van der Waals surface area contributed by atoms with Crippen LogP contribution in [0.2, 0.25) is 0 Å². The molecule has 2 aromatic carbocycles. The van der Waals surface area contributed by atoms with E-state index >= 15 is 0 Å². The van der Waals surface area contributed by atoms with Crippen LogP contribution >= 0.6 is 0 Å². The summed E-state index contributed by atoms with van der Waals surface area (Å²) in [7, 11) is 1.48. The van der Waals surface area contributed by atoms with E-state index in [1.807, 2.05) is 25.1 Å². The molecule has 188 valence electrons. The van der Waals surface area contributed by atoms with Gasteiger partial charge in [-0.1, -0.05) is 24.3 Å². The standard InChI is InChI=1S/C24H31N5O6/c1-16-6-3-4-7-18(16)28-24(34)29-19-9-8-17(14-20(19)35-2)15-21(30)25-11-5-12-26-23(33)27-13-10-22(31)32/h3-4,6-9,14H,5,10-13,15H2,1-2H3,(H,25,30)(H,31,32)(H2,26,27,33)(H2,28,29,34). The van der Waals surface area contributed by atoms with Crippen molar-refractivity contribution in [3.63, 3.8) is 0 Å². The van der Waals surface area contributed by atoms with Crippen LogP contribution in [-0.2, 0) is 16.0 Å². The van der Waals surface area contributed by atoms with E-state index in [0.717, 1.165) is 5.56 Å². The van der Waals surface area contributed by atoms with Crippen molar-refractivity contribution in [2.24, 2.45) is 0 Å². The van der Waals surface area contributed by atoms with Gasteiger partial charge in [0.25, 0.3) is 0 Å². The smallest absolute Gasteiger partial charge is 0.323 e. The van der Waals surface area contributed by atoms with Gasteiger partial charge in [-0.15, -0.1) is 0 Å². The Labute approximate surface area is 203 Å². The molecule has 2 aromatic rings. The van der Waals surface area contributed by atoms with E-state index in [4.69, 9.17) is 9.84 Å². The van der Waals surface area contributed by atoms with E-state index in [2.05, 4.69) is 26.6 Å². The van der Waals surface area contributed by atoms with Gasteiger partial charge >= 0.3 is 18.0 Å². The predicted molar refractivity (Wildman–Crippen MR) is 132 cm³/mol. The molecule has 0 aliphatic carbocycles. The van der Waals surface area contributed by atoms with Crippen LogP contribution in [0.4, 0.5) is 21.0 Å². The summed E-state index contributed by atoms with van der Waals surface area (Å²) in [4.78, 5) is 46.5. The molecular weight excluding hydrogens is 454 g/mol. The lowest BCUT2D eigenvalue weighted by molar-refractivity contribution is -0.136. The van der Waals surface area contributed by atoms with Crippen LogP contribution in [0.25, 0.3) is 0 Å². The Balaban J connectivity index is 1.75. The fourth-order valence-corrected chi connectivity index (χ4v) is 3.05. The Morgan fingerprint density at radius 2 is 1.54 bits per heavy atom. The molecule has 35 heavy (non-hydrogen) atoms. The zero-order chi connectivity index (χ0) is 25.6. The molecular formula is C24H31N5O6. The molecule has 0 atom stereocenters. The van der Waals surface area contributed by atoms with Crippen molar-refractivity contribution in [2.75, 3.05) is 37.4 Å². The van der Waals surface area contributed by atoms with Crippen LogP contribution in [0.1, 0.15) is 24.0 Å². The second-order valence-electron chi connectivity index (χ2n) is 7.64. The lowest BCUT2D eigenvalue weighted by Gasteiger charge is -2.14. The van der Waals surface area contributed by atoms with Gasteiger partial charge in [-0.2, -0.15) is 0 Å². The summed E-state index contributed by atoms with van der Waals surface area (Å²) in [6.07, 6.45) is 0.487. The van der Waals surface area contributed by atoms with Crippen molar-refractivity contribution in [1.29, 1.82) is 0 Å².